The second-order valence-electron chi connectivity index (χ2n) is 11.4. The molecule has 0 atom stereocenters. The molecule has 0 bridgehead atoms. The largest absolute Gasteiger partial charge is 0.289 e. The predicted molar refractivity (Wildman–Crippen MR) is 167 cm³/mol. The number of rotatable bonds is 8. The zero-order valence-corrected chi connectivity index (χ0v) is 24.3. The van der Waals surface area contributed by atoms with E-state index in [4.69, 9.17) is 0 Å². The van der Waals surface area contributed by atoms with Crippen molar-refractivity contribution in [2.75, 3.05) is 0 Å². The summed E-state index contributed by atoms with van der Waals surface area (Å²) in [5.74, 6) is -2.37. The number of ketones is 2. The van der Waals surface area contributed by atoms with E-state index in [0.717, 1.165) is 11.1 Å². The summed E-state index contributed by atoms with van der Waals surface area (Å²) in [4.78, 5) is 73.8. The summed E-state index contributed by atoms with van der Waals surface area (Å²) in [6, 6.07) is 27.9. The number of nitrogens with one attached hydrogen (secondary N) is 2. The Bertz CT molecular complexity index is 1870. The second-order valence-corrected chi connectivity index (χ2v) is 11.4. The molecule has 220 valence electrons. The van der Waals surface area contributed by atoms with Crippen molar-refractivity contribution >= 4 is 46.3 Å². The minimum Gasteiger partial charge on any atom is -0.289 e. The van der Waals surface area contributed by atoms with Crippen LogP contribution in [0, 0.1) is 0 Å². The third kappa shape index (κ3) is 5.57. The van der Waals surface area contributed by atoms with Crippen molar-refractivity contribution in [2.45, 2.75) is 19.3 Å². The highest BCUT2D eigenvalue weighted by atomic mass is 16.2. The molecule has 4 aromatic carbocycles. The molecule has 0 saturated carbocycles. The van der Waals surface area contributed by atoms with Crippen molar-refractivity contribution in [3.05, 3.63) is 154 Å². The number of amides is 4. The van der Waals surface area contributed by atoms with E-state index in [2.05, 4.69) is 24.5 Å². The first kappa shape index (κ1) is 29.1. The Hall–Kier alpha value is -6.02. The molecule has 0 saturated heterocycles. The molecule has 4 amide bonds. The molecular weight excluding hydrogens is 568 g/mol. The van der Waals surface area contributed by atoms with Crippen molar-refractivity contribution in [1.82, 2.24) is 10.6 Å². The third-order valence-corrected chi connectivity index (χ3v) is 8.12. The summed E-state index contributed by atoms with van der Waals surface area (Å²) < 4.78 is 0. The number of hydrogen-bond donors (Lipinski definition) is 2. The lowest BCUT2D eigenvalue weighted by molar-refractivity contribution is -0.124. The van der Waals surface area contributed by atoms with E-state index >= 15 is 0 Å². The Kier molecular flexibility index (Phi) is 7.26. The van der Waals surface area contributed by atoms with Crippen LogP contribution in [0.3, 0.4) is 0 Å². The van der Waals surface area contributed by atoms with Gasteiger partial charge in [-0.1, -0.05) is 98.8 Å². The van der Waals surface area contributed by atoms with Gasteiger partial charge in [-0.05, 0) is 34.4 Å². The van der Waals surface area contributed by atoms with Gasteiger partial charge in [0.15, 0.2) is 11.6 Å². The smallest absolute Gasteiger partial charge is 0.258 e. The van der Waals surface area contributed by atoms with E-state index in [1.165, 1.54) is 12.2 Å². The van der Waals surface area contributed by atoms with Crippen LogP contribution in [-0.2, 0) is 24.6 Å². The van der Waals surface area contributed by atoms with Gasteiger partial charge in [0.2, 0.25) is 0 Å². The molecule has 0 radical (unpaired) electrons. The van der Waals surface area contributed by atoms with Gasteiger partial charge in [-0.3, -0.25) is 39.4 Å². The van der Waals surface area contributed by atoms with Crippen LogP contribution in [0.2, 0.25) is 0 Å². The summed E-state index contributed by atoms with van der Waals surface area (Å²) in [6.45, 7) is 4.11. The molecule has 6 rings (SSSR count). The predicted octanol–water partition coefficient (Wildman–Crippen LogP) is 4.55. The Labute approximate surface area is 258 Å². The fourth-order valence-electron chi connectivity index (χ4n) is 5.49. The maximum absolute atomic E-state index is 13.3. The number of benzene rings is 4. The first-order valence-corrected chi connectivity index (χ1v) is 14.2. The van der Waals surface area contributed by atoms with Gasteiger partial charge in [0.1, 0.15) is 0 Å². The van der Waals surface area contributed by atoms with Crippen molar-refractivity contribution in [2.24, 2.45) is 0 Å². The summed E-state index contributed by atoms with van der Waals surface area (Å²) in [5, 5.41) is 4.43. The Morgan fingerprint density at radius 2 is 0.889 bits per heavy atom. The Balaban J connectivity index is 1.18. The van der Waals surface area contributed by atoms with Gasteiger partial charge in [0.25, 0.3) is 23.6 Å². The van der Waals surface area contributed by atoms with E-state index in [1.54, 1.807) is 72.8 Å². The number of hydrogen-bond acceptors (Lipinski definition) is 6. The van der Waals surface area contributed by atoms with Gasteiger partial charge in [-0.15, -0.1) is 0 Å². The molecule has 45 heavy (non-hydrogen) atoms. The average molecular weight is 595 g/mol. The number of carbonyl (C=O) groups is 6. The molecule has 2 aliphatic heterocycles. The highest BCUT2D eigenvalue weighted by Crippen LogP contribution is 2.32. The average Bonchev–Trinajstić information content (AvgIpc) is 3.58. The maximum Gasteiger partial charge on any atom is 0.258 e. The lowest BCUT2D eigenvalue weighted by atomic mass is 9.77. The monoisotopic (exact) mass is 594 g/mol. The summed E-state index contributed by atoms with van der Waals surface area (Å²) in [6.07, 6.45) is 2.45. The molecule has 4 aromatic rings. The van der Waals surface area contributed by atoms with Crippen molar-refractivity contribution in [3.8, 4) is 0 Å². The van der Waals surface area contributed by atoms with Crippen molar-refractivity contribution < 1.29 is 28.8 Å². The molecule has 0 fully saturated rings. The standard InChI is InChI=1S/C37H26N2O6/c1-37(2,27-13-9-21(10-14-27)33(42)25-7-3-5-23(17-25)29-19-31(40)38-35(29)44)28-15-11-22(12-16-28)34(43)26-8-4-6-24(18-26)30-20-32(41)39-36(30)45/h3-20H,1-2H3,(H,38,40,44)(H,39,41,45). The van der Waals surface area contributed by atoms with Crippen molar-refractivity contribution in [1.29, 1.82) is 0 Å². The quantitative estimate of drug-likeness (QED) is 0.228. The van der Waals surface area contributed by atoms with E-state index in [0.29, 0.717) is 33.4 Å². The summed E-state index contributed by atoms with van der Waals surface area (Å²) in [7, 11) is 0. The van der Waals surface area contributed by atoms with Gasteiger partial charge in [-0.2, -0.15) is 0 Å². The van der Waals surface area contributed by atoms with Crippen LogP contribution in [0.5, 0.6) is 0 Å². The molecular formula is C37H26N2O6. The van der Waals surface area contributed by atoms with E-state index < -0.39 is 29.0 Å². The molecule has 0 aromatic heterocycles. The van der Waals surface area contributed by atoms with Gasteiger partial charge in [0.05, 0.1) is 11.1 Å². The minimum absolute atomic E-state index is 0.213. The van der Waals surface area contributed by atoms with Gasteiger partial charge < -0.3 is 0 Å². The molecule has 8 heteroatoms. The topological polar surface area (TPSA) is 126 Å². The van der Waals surface area contributed by atoms with Crippen LogP contribution in [-0.4, -0.2) is 35.2 Å². The third-order valence-electron chi connectivity index (χ3n) is 8.12. The Morgan fingerprint density at radius 1 is 0.511 bits per heavy atom. The lowest BCUT2D eigenvalue weighted by Gasteiger charge is -2.26. The van der Waals surface area contributed by atoms with Crippen LogP contribution >= 0.6 is 0 Å². The maximum atomic E-state index is 13.3. The first-order valence-electron chi connectivity index (χ1n) is 14.2. The van der Waals surface area contributed by atoms with Crippen LogP contribution in [0.15, 0.2) is 109 Å². The van der Waals surface area contributed by atoms with Crippen LogP contribution in [0.1, 0.15) is 67.9 Å². The fourth-order valence-corrected chi connectivity index (χ4v) is 5.49. The van der Waals surface area contributed by atoms with Gasteiger partial charge in [0, 0.05) is 39.8 Å². The van der Waals surface area contributed by atoms with E-state index in [9.17, 15) is 28.8 Å². The molecule has 0 unspecified atom stereocenters. The Morgan fingerprint density at radius 3 is 1.22 bits per heavy atom. The molecule has 0 aliphatic carbocycles. The molecule has 0 spiro atoms. The summed E-state index contributed by atoms with van der Waals surface area (Å²) in [5.41, 5.74) is 4.66. The minimum atomic E-state index is -0.492. The molecule has 2 aliphatic rings. The molecule has 8 nitrogen and oxygen atoms in total. The fraction of sp³-hybridized carbons (Fsp3) is 0.0811. The number of imide groups is 2. The van der Waals surface area contributed by atoms with Crippen LogP contribution in [0.4, 0.5) is 0 Å². The number of carbonyl (C=O) groups excluding carboxylic acids is 6. The SMILES string of the molecule is CC(C)(c1ccc(C(=O)c2cccc(C3=CC(=O)NC3=O)c2)cc1)c1ccc(C(=O)c2cccc(C3=CC(=O)NC3=O)c2)cc1. The van der Waals surface area contributed by atoms with Crippen molar-refractivity contribution in [3.63, 3.8) is 0 Å². The first-order chi connectivity index (χ1) is 21.5. The zero-order chi connectivity index (χ0) is 31.9. The van der Waals surface area contributed by atoms with E-state index in [-0.39, 0.29) is 22.7 Å². The molecule has 2 N–H and O–H groups in total. The van der Waals surface area contributed by atoms with E-state index in [1.807, 2.05) is 24.3 Å². The second kappa shape index (κ2) is 11.2. The lowest BCUT2D eigenvalue weighted by Crippen LogP contribution is -2.21. The normalized spacial score (nSPS) is 14.5. The summed E-state index contributed by atoms with van der Waals surface area (Å²) >= 11 is 0. The molecule has 2 heterocycles. The van der Waals surface area contributed by atoms with Crippen LogP contribution in [0.25, 0.3) is 11.1 Å². The van der Waals surface area contributed by atoms with Gasteiger partial charge >= 0.3 is 0 Å². The highest BCUT2D eigenvalue weighted by Gasteiger charge is 2.26. The zero-order valence-electron chi connectivity index (χ0n) is 24.3. The highest BCUT2D eigenvalue weighted by molar-refractivity contribution is 6.34. The van der Waals surface area contributed by atoms with Gasteiger partial charge in [-0.25, -0.2) is 0 Å². The van der Waals surface area contributed by atoms with Crippen LogP contribution < -0.4 is 10.6 Å².